The van der Waals surface area contributed by atoms with E-state index in [1.165, 1.54) is 11.1 Å². The fourth-order valence-corrected chi connectivity index (χ4v) is 2.36. The SMILES string of the molecule is CCc1ccc(OC(C)C(=O)Nc2ccc(C(C)(C)C)cc2)cc1. The molecule has 128 valence electrons. The highest BCUT2D eigenvalue weighted by Gasteiger charge is 2.16. The molecule has 0 aromatic heterocycles. The third kappa shape index (κ3) is 4.85. The molecule has 0 spiro atoms. The maximum atomic E-state index is 12.3. The van der Waals surface area contributed by atoms with Crippen molar-refractivity contribution in [2.24, 2.45) is 0 Å². The Morgan fingerprint density at radius 1 is 1.04 bits per heavy atom. The number of carbonyl (C=O) groups is 1. The van der Waals surface area contributed by atoms with Gasteiger partial charge in [-0.05, 0) is 54.2 Å². The van der Waals surface area contributed by atoms with Crippen LogP contribution in [-0.2, 0) is 16.6 Å². The molecule has 1 amide bonds. The summed E-state index contributed by atoms with van der Waals surface area (Å²) in [5, 5.41) is 2.90. The van der Waals surface area contributed by atoms with Crippen LogP contribution in [0.4, 0.5) is 5.69 Å². The minimum Gasteiger partial charge on any atom is -0.481 e. The van der Waals surface area contributed by atoms with Crippen LogP contribution in [0, 0.1) is 0 Å². The lowest BCUT2D eigenvalue weighted by atomic mass is 9.87. The van der Waals surface area contributed by atoms with E-state index in [4.69, 9.17) is 4.74 Å². The number of anilines is 1. The summed E-state index contributed by atoms with van der Waals surface area (Å²) in [7, 11) is 0. The fourth-order valence-electron chi connectivity index (χ4n) is 2.36. The fraction of sp³-hybridized carbons (Fsp3) is 0.381. The maximum Gasteiger partial charge on any atom is 0.265 e. The van der Waals surface area contributed by atoms with Gasteiger partial charge in [-0.2, -0.15) is 0 Å². The van der Waals surface area contributed by atoms with Crippen molar-refractivity contribution in [3.8, 4) is 5.75 Å². The molecule has 0 aliphatic rings. The summed E-state index contributed by atoms with van der Waals surface area (Å²) >= 11 is 0. The van der Waals surface area contributed by atoms with Crippen molar-refractivity contribution in [3.63, 3.8) is 0 Å². The van der Waals surface area contributed by atoms with E-state index in [1.807, 2.05) is 48.5 Å². The Hall–Kier alpha value is -2.29. The molecule has 2 aromatic rings. The van der Waals surface area contributed by atoms with Crippen molar-refractivity contribution in [2.75, 3.05) is 5.32 Å². The number of aryl methyl sites for hydroxylation is 1. The molecule has 0 heterocycles. The second-order valence-electron chi connectivity index (χ2n) is 7.07. The van der Waals surface area contributed by atoms with Crippen LogP contribution in [0.15, 0.2) is 48.5 Å². The van der Waals surface area contributed by atoms with Crippen molar-refractivity contribution >= 4 is 11.6 Å². The van der Waals surface area contributed by atoms with Crippen LogP contribution in [0.5, 0.6) is 5.75 Å². The van der Waals surface area contributed by atoms with Crippen LogP contribution in [0.25, 0.3) is 0 Å². The van der Waals surface area contributed by atoms with Crippen molar-refractivity contribution in [2.45, 2.75) is 52.6 Å². The first-order chi connectivity index (χ1) is 11.3. The van der Waals surface area contributed by atoms with Gasteiger partial charge in [0.1, 0.15) is 5.75 Å². The lowest BCUT2D eigenvalue weighted by molar-refractivity contribution is -0.122. The van der Waals surface area contributed by atoms with Gasteiger partial charge in [-0.3, -0.25) is 4.79 Å². The van der Waals surface area contributed by atoms with Gasteiger partial charge in [0, 0.05) is 5.69 Å². The predicted molar refractivity (Wildman–Crippen MR) is 99.7 cm³/mol. The first-order valence-electron chi connectivity index (χ1n) is 8.46. The van der Waals surface area contributed by atoms with Crippen molar-refractivity contribution < 1.29 is 9.53 Å². The third-order valence-electron chi connectivity index (χ3n) is 4.03. The number of carbonyl (C=O) groups excluding carboxylic acids is 1. The lowest BCUT2D eigenvalue weighted by Crippen LogP contribution is -2.30. The first-order valence-corrected chi connectivity index (χ1v) is 8.46. The molecule has 24 heavy (non-hydrogen) atoms. The van der Waals surface area contributed by atoms with Crippen molar-refractivity contribution in [1.29, 1.82) is 0 Å². The molecule has 1 atom stereocenters. The summed E-state index contributed by atoms with van der Waals surface area (Å²) in [6.07, 6.45) is 0.431. The van der Waals surface area contributed by atoms with E-state index in [0.29, 0.717) is 5.75 Å². The molecule has 2 rings (SSSR count). The summed E-state index contributed by atoms with van der Waals surface area (Å²) < 4.78 is 5.71. The Bertz CT molecular complexity index is 666. The second-order valence-corrected chi connectivity index (χ2v) is 7.07. The number of benzene rings is 2. The standard InChI is InChI=1S/C21H27NO2/c1-6-16-7-13-19(14-8-16)24-15(2)20(23)22-18-11-9-17(10-12-18)21(3,4)5/h7-15H,6H2,1-5H3,(H,22,23). The minimum absolute atomic E-state index is 0.101. The Labute approximate surface area is 145 Å². The molecule has 0 saturated carbocycles. The Morgan fingerprint density at radius 2 is 1.62 bits per heavy atom. The average molecular weight is 325 g/mol. The van der Waals surface area contributed by atoms with Gasteiger partial charge in [0.2, 0.25) is 0 Å². The molecule has 0 radical (unpaired) electrons. The van der Waals surface area contributed by atoms with Gasteiger partial charge in [-0.25, -0.2) is 0 Å². The average Bonchev–Trinajstić information content (AvgIpc) is 2.55. The van der Waals surface area contributed by atoms with Crippen LogP contribution < -0.4 is 10.1 Å². The van der Waals surface area contributed by atoms with Gasteiger partial charge in [-0.1, -0.05) is 52.0 Å². The molecule has 0 aliphatic heterocycles. The molecular formula is C21H27NO2. The number of rotatable bonds is 5. The van der Waals surface area contributed by atoms with E-state index in [9.17, 15) is 4.79 Å². The number of amides is 1. The molecule has 1 unspecified atom stereocenters. The monoisotopic (exact) mass is 325 g/mol. The largest absolute Gasteiger partial charge is 0.481 e. The molecule has 2 aromatic carbocycles. The van der Waals surface area contributed by atoms with Gasteiger partial charge in [-0.15, -0.1) is 0 Å². The zero-order valence-corrected chi connectivity index (χ0v) is 15.2. The molecule has 0 saturated heterocycles. The molecular weight excluding hydrogens is 298 g/mol. The van der Waals surface area contributed by atoms with Gasteiger partial charge in [0.25, 0.3) is 5.91 Å². The van der Waals surface area contributed by atoms with E-state index >= 15 is 0 Å². The normalized spacial score (nSPS) is 12.5. The summed E-state index contributed by atoms with van der Waals surface area (Å²) in [5.41, 5.74) is 3.37. The summed E-state index contributed by atoms with van der Waals surface area (Å²) in [5.74, 6) is 0.552. The molecule has 3 nitrogen and oxygen atoms in total. The van der Waals surface area contributed by atoms with E-state index in [1.54, 1.807) is 6.92 Å². The topological polar surface area (TPSA) is 38.3 Å². The van der Waals surface area contributed by atoms with E-state index in [-0.39, 0.29) is 11.3 Å². The molecule has 0 fully saturated rings. The highest BCUT2D eigenvalue weighted by atomic mass is 16.5. The summed E-state index contributed by atoms with van der Waals surface area (Å²) in [6.45, 7) is 10.4. The van der Waals surface area contributed by atoms with E-state index in [2.05, 4.69) is 33.0 Å². The Kier molecular flexibility index (Phi) is 5.66. The van der Waals surface area contributed by atoms with Gasteiger partial charge in [0.05, 0.1) is 0 Å². The van der Waals surface area contributed by atoms with Crippen LogP contribution in [0.1, 0.15) is 45.7 Å². The highest BCUT2D eigenvalue weighted by Crippen LogP contribution is 2.23. The number of hydrogen-bond donors (Lipinski definition) is 1. The van der Waals surface area contributed by atoms with Gasteiger partial charge < -0.3 is 10.1 Å². The van der Waals surface area contributed by atoms with Crippen molar-refractivity contribution in [1.82, 2.24) is 0 Å². The summed E-state index contributed by atoms with van der Waals surface area (Å²) in [4.78, 5) is 12.3. The Morgan fingerprint density at radius 3 is 2.12 bits per heavy atom. The summed E-state index contributed by atoms with van der Waals surface area (Å²) in [6, 6.07) is 15.8. The minimum atomic E-state index is -0.556. The highest BCUT2D eigenvalue weighted by molar-refractivity contribution is 5.94. The molecule has 0 aliphatic carbocycles. The van der Waals surface area contributed by atoms with Crippen LogP contribution >= 0.6 is 0 Å². The number of nitrogens with one attached hydrogen (secondary N) is 1. The molecule has 1 N–H and O–H groups in total. The number of ether oxygens (including phenoxy) is 1. The van der Waals surface area contributed by atoms with Crippen LogP contribution in [0.2, 0.25) is 0 Å². The smallest absolute Gasteiger partial charge is 0.265 e. The molecule has 0 bridgehead atoms. The van der Waals surface area contributed by atoms with Gasteiger partial charge >= 0.3 is 0 Å². The van der Waals surface area contributed by atoms with Crippen LogP contribution in [0.3, 0.4) is 0 Å². The quantitative estimate of drug-likeness (QED) is 0.844. The first kappa shape index (κ1) is 18.1. The van der Waals surface area contributed by atoms with Gasteiger partial charge in [0.15, 0.2) is 6.10 Å². The zero-order chi connectivity index (χ0) is 17.7. The predicted octanol–water partition coefficient (Wildman–Crippen LogP) is 4.95. The molecule has 3 heteroatoms. The maximum absolute atomic E-state index is 12.3. The second kappa shape index (κ2) is 7.52. The third-order valence-corrected chi connectivity index (χ3v) is 4.03. The van der Waals surface area contributed by atoms with Crippen LogP contribution in [-0.4, -0.2) is 12.0 Å². The Balaban J connectivity index is 1.95. The lowest BCUT2D eigenvalue weighted by Gasteiger charge is -2.19. The van der Waals surface area contributed by atoms with E-state index < -0.39 is 6.10 Å². The van der Waals surface area contributed by atoms with Crippen molar-refractivity contribution in [3.05, 3.63) is 59.7 Å². The number of hydrogen-bond acceptors (Lipinski definition) is 2. The zero-order valence-electron chi connectivity index (χ0n) is 15.2. The van der Waals surface area contributed by atoms with E-state index in [0.717, 1.165) is 12.1 Å².